The van der Waals surface area contributed by atoms with Gasteiger partial charge in [-0.3, -0.25) is 4.90 Å². The molecule has 0 radical (unpaired) electrons. The summed E-state index contributed by atoms with van der Waals surface area (Å²) in [6.45, 7) is 7.59. The molecule has 3 heteroatoms. The number of rotatable bonds is 6. The summed E-state index contributed by atoms with van der Waals surface area (Å²) in [5, 5.41) is 10.2. The zero-order valence-electron chi connectivity index (χ0n) is 11.0. The molecule has 0 saturated heterocycles. The zero-order valence-corrected chi connectivity index (χ0v) is 11.0. The Morgan fingerprint density at radius 2 is 1.76 bits per heavy atom. The Morgan fingerprint density at radius 3 is 2.24 bits per heavy atom. The van der Waals surface area contributed by atoms with Gasteiger partial charge in [-0.2, -0.15) is 0 Å². The smallest absolute Gasteiger partial charge is 0.0917 e. The normalized spacial score (nSPS) is 15.2. The first-order valence-corrected chi connectivity index (χ1v) is 6.25. The lowest BCUT2D eigenvalue weighted by Crippen LogP contribution is -2.44. The van der Waals surface area contributed by atoms with Crippen LogP contribution in [0.3, 0.4) is 0 Å². The predicted molar refractivity (Wildman–Crippen MR) is 71.8 cm³/mol. The first-order valence-electron chi connectivity index (χ1n) is 6.25. The van der Waals surface area contributed by atoms with Crippen molar-refractivity contribution in [3.63, 3.8) is 0 Å². The molecule has 3 N–H and O–H groups in total. The first-order chi connectivity index (χ1) is 8.06. The van der Waals surface area contributed by atoms with E-state index in [4.69, 9.17) is 5.73 Å². The third-order valence-corrected chi connectivity index (χ3v) is 3.14. The van der Waals surface area contributed by atoms with E-state index in [-0.39, 0.29) is 6.04 Å². The molecule has 3 nitrogen and oxygen atoms in total. The third-order valence-electron chi connectivity index (χ3n) is 3.14. The fraction of sp³-hybridized carbons (Fsp3) is 0.571. The fourth-order valence-corrected chi connectivity index (χ4v) is 2.02. The molecule has 1 rings (SSSR count). The second kappa shape index (κ2) is 6.74. The topological polar surface area (TPSA) is 49.5 Å². The van der Waals surface area contributed by atoms with Gasteiger partial charge >= 0.3 is 0 Å². The average Bonchev–Trinajstić information content (AvgIpc) is 2.35. The van der Waals surface area contributed by atoms with Gasteiger partial charge in [0.25, 0.3) is 0 Å². The molecule has 0 aromatic heterocycles. The lowest BCUT2D eigenvalue weighted by molar-refractivity contribution is 0.0728. The standard InChI is InChI=1S/C14H24N2O/c1-11(2)16(12(3)9-15)10-14(17)13-7-5-4-6-8-13/h4-8,11-12,14,17H,9-10,15H2,1-3H3. The molecule has 2 atom stereocenters. The lowest BCUT2D eigenvalue weighted by atomic mass is 10.1. The van der Waals surface area contributed by atoms with Gasteiger partial charge in [0.05, 0.1) is 6.10 Å². The Labute approximate surface area is 104 Å². The van der Waals surface area contributed by atoms with Gasteiger partial charge in [-0.25, -0.2) is 0 Å². The number of aliphatic hydroxyl groups excluding tert-OH is 1. The molecule has 0 amide bonds. The Morgan fingerprint density at radius 1 is 1.18 bits per heavy atom. The highest BCUT2D eigenvalue weighted by atomic mass is 16.3. The van der Waals surface area contributed by atoms with Crippen LogP contribution in [0.1, 0.15) is 32.4 Å². The fourth-order valence-electron chi connectivity index (χ4n) is 2.02. The van der Waals surface area contributed by atoms with E-state index in [0.717, 1.165) is 5.56 Å². The summed E-state index contributed by atoms with van der Waals surface area (Å²) in [4.78, 5) is 2.23. The zero-order chi connectivity index (χ0) is 12.8. The second-order valence-corrected chi connectivity index (χ2v) is 4.80. The molecule has 0 spiro atoms. The van der Waals surface area contributed by atoms with Crippen molar-refractivity contribution in [3.8, 4) is 0 Å². The molecule has 0 fully saturated rings. The number of hydrogen-bond donors (Lipinski definition) is 2. The molecule has 0 aliphatic rings. The van der Waals surface area contributed by atoms with Crippen molar-refractivity contribution in [2.75, 3.05) is 13.1 Å². The maximum Gasteiger partial charge on any atom is 0.0917 e. The van der Waals surface area contributed by atoms with Crippen LogP contribution in [0.5, 0.6) is 0 Å². The van der Waals surface area contributed by atoms with Crippen LogP contribution < -0.4 is 5.73 Å². The predicted octanol–water partition coefficient (Wildman–Crippen LogP) is 1.78. The van der Waals surface area contributed by atoms with Gasteiger partial charge in [0, 0.05) is 25.2 Å². The Balaban J connectivity index is 2.68. The van der Waals surface area contributed by atoms with Gasteiger partial charge in [0.1, 0.15) is 0 Å². The highest BCUT2D eigenvalue weighted by Gasteiger charge is 2.20. The minimum absolute atomic E-state index is 0.286. The van der Waals surface area contributed by atoms with E-state index < -0.39 is 6.10 Å². The van der Waals surface area contributed by atoms with Crippen LogP contribution in [0.25, 0.3) is 0 Å². The van der Waals surface area contributed by atoms with Crippen LogP contribution in [0.2, 0.25) is 0 Å². The van der Waals surface area contributed by atoms with E-state index in [2.05, 4.69) is 25.7 Å². The monoisotopic (exact) mass is 236 g/mol. The quantitative estimate of drug-likeness (QED) is 0.791. The SMILES string of the molecule is CC(C)N(CC(O)c1ccccc1)C(C)CN. The Kier molecular flexibility index (Phi) is 5.62. The van der Waals surface area contributed by atoms with E-state index >= 15 is 0 Å². The van der Waals surface area contributed by atoms with Gasteiger partial charge in [-0.05, 0) is 26.3 Å². The minimum Gasteiger partial charge on any atom is -0.387 e. The summed E-state index contributed by atoms with van der Waals surface area (Å²) < 4.78 is 0. The summed E-state index contributed by atoms with van der Waals surface area (Å²) in [5.41, 5.74) is 6.66. The van der Waals surface area contributed by atoms with Crippen molar-refractivity contribution < 1.29 is 5.11 Å². The Bertz CT molecular complexity index is 313. The van der Waals surface area contributed by atoms with Crippen molar-refractivity contribution in [1.82, 2.24) is 4.90 Å². The molecule has 0 heterocycles. The molecular weight excluding hydrogens is 212 g/mol. The molecule has 1 aromatic rings. The molecule has 1 aromatic carbocycles. The summed E-state index contributed by atoms with van der Waals surface area (Å²) >= 11 is 0. The molecule has 0 aliphatic heterocycles. The van der Waals surface area contributed by atoms with Crippen molar-refractivity contribution in [2.45, 2.75) is 39.0 Å². The highest BCUT2D eigenvalue weighted by molar-refractivity contribution is 5.17. The van der Waals surface area contributed by atoms with Crippen molar-refractivity contribution >= 4 is 0 Å². The number of nitrogens with two attached hydrogens (primary N) is 1. The average molecular weight is 236 g/mol. The van der Waals surface area contributed by atoms with E-state index in [1.165, 1.54) is 0 Å². The number of hydrogen-bond acceptors (Lipinski definition) is 3. The third kappa shape index (κ3) is 4.11. The number of benzene rings is 1. The first kappa shape index (κ1) is 14.2. The maximum absolute atomic E-state index is 10.2. The van der Waals surface area contributed by atoms with Gasteiger partial charge < -0.3 is 10.8 Å². The maximum atomic E-state index is 10.2. The molecule has 0 bridgehead atoms. The molecule has 17 heavy (non-hydrogen) atoms. The van der Waals surface area contributed by atoms with Crippen LogP contribution in [0.4, 0.5) is 0 Å². The molecule has 96 valence electrons. The Hall–Kier alpha value is -0.900. The molecule has 2 unspecified atom stereocenters. The molecular formula is C14H24N2O. The van der Waals surface area contributed by atoms with Gasteiger partial charge in [0.15, 0.2) is 0 Å². The van der Waals surface area contributed by atoms with Crippen LogP contribution in [-0.4, -0.2) is 35.2 Å². The van der Waals surface area contributed by atoms with Crippen molar-refractivity contribution in [1.29, 1.82) is 0 Å². The van der Waals surface area contributed by atoms with Crippen molar-refractivity contribution in [2.24, 2.45) is 5.73 Å². The summed E-state index contributed by atoms with van der Waals surface area (Å²) in [5.74, 6) is 0. The molecule has 0 aliphatic carbocycles. The van der Waals surface area contributed by atoms with E-state index in [9.17, 15) is 5.11 Å². The highest BCUT2D eigenvalue weighted by Crippen LogP contribution is 2.16. The van der Waals surface area contributed by atoms with Crippen LogP contribution in [-0.2, 0) is 0 Å². The number of aliphatic hydroxyl groups is 1. The second-order valence-electron chi connectivity index (χ2n) is 4.80. The lowest BCUT2D eigenvalue weighted by Gasteiger charge is -2.33. The van der Waals surface area contributed by atoms with Crippen LogP contribution >= 0.6 is 0 Å². The largest absolute Gasteiger partial charge is 0.387 e. The summed E-state index contributed by atoms with van der Waals surface area (Å²) in [6, 6.07) is 10.4. The minimum atomic E-state index is -0.451. The van der Waals surface area contributed by atoms with E-state index in [0.29, 0.717) is 19.1 Å². The van der Waals surface area contributed by atoms with Gasteiger partial charge in [-0.15, -0.1) is 0 Å². The van der Waals surface area contributed by atoms with E-state index in [1.807, 2.05) is 30.3 Å². The summed E-state index contributed by atoms with van der Waals surface area (Å²) in [6.07, 6.45) is -0.451. The summed E-state index contributed by atoms with van der Waals surface area (Å²) in [7, 11) is 0. The van der Waals surface area contributed by atoms with Crippen molar-refractivity contribution in [3.05, 3.63) is 35.9 Å². The van der Waals surface area contributed by atoms with Crippen LogP contribution in [0, 0.1) is 0 Å². The van der Waals surface area contributed by atoms with E-state index in [1.54, 1.807) is 0 Å². The van der Waals surface area contributed by atoms with Gasteiger partial charge in [-0.1, -0.05) is 30.3 Å². The number of nitrogens with zero attached hydrogens (tertiary/aromatic N) is 1. The van der Waals surface area contributed by atoms with Gasteiger partial charge in [0.2, 0.25) is 0 Å². The van der Waals surface area contributed by atoms with Crippen LogP contribution in [0.15, 0.2) is 30.3 Å². The molecule has 0 saturated carbocycles.